The lowest BCUT2D eigenvalue weighted by Crippen LogP contribution is -2.32. The number of hydrogen-bond acceptors (Lipinski definition) is 3. The maximum atomic E-state index is 6.19. The predicted molar refractivity (Wildman–Crippen MR) is 64.9 cm³/mol. The molecule has 4 nitrogen and oxygen atoms in total. The standard InChI is InChI=1S/C11H19ClN4/c1-3-4-16-11(9(12)6-14-16)10(15-13)8-5-7(8)2/h6-8,10,15H,3-5,13H2,1-2H3. The lowest BCUT2D eigenvalue weighted by molar-refractivity contribution is 0.429. The molecule has 0 aliphatic heterocycles. The summed E-state index contributed by atoms with van der Waals surface area (Å²) < 4.78 is 1.97. The van der Waals surface area contributed by atoms with E-state index in [0.29, 0.717) is 5.92 Å². The van der Waals surface area contributed by atoms with Crippen molar-refractivity contribution in [2.75, 3.05) is 0 Å². The lowest BCUT2D eigenvalue weighted by atomic mass is 10.1. The van der Waals surface area contributed by atoms with Crippen molar-refractivity contribution >= 4 is 11.6 Å². The van der Waals surface area contributed by atoms with Crippen LogP contribution < -0.4 is 11.3 Å². The Morgan fingerprint density at radius 3 is 2.94 bits per heavy atom. The van der Waals surface area contributed by atoms with Crippen LogP contribution in [-0.2, 0) is 6.54 Å². The second kappa shape index (κ2) is 4.73. The molecule has 90 valence electrons. The molecular formula is C11H19ClN4. The largest absolute Gasteiger partial charge is 0.271 e. The van der Waals surface area contributed by atoms with Crippen LogP contribution in [0.3, 0.4) is 0 Å². The van der Waals surface area contributed by atoms with Gasteiger partial charge in [-0.1, -0.05) is 25.4 Å². The van der Waals surface area contributed by atoms with Crippen LogP contribution >= 0.6 is 11.6 Å². The van der Waals surface area contributed by atoms with E-state index in [2.05, 4.69) is 24.4 Å². The third kappa shape index (κ3) is 2.10. The molecule has 1 saturated carbocycles. The number of nitrogens with zero attached hydrogens (tertiary/aromatic N) is 2. The minimum Gasteiger partial charge on any atom is -0.271 e. The van der Waals surface area contributed by atoms with Gasteiger partial charge in [-0.3, -0.25) is 16.0 Å². The van der Waals surface area contributed by atoms with Gasteiger partial charge in [-0.2, -0.15) is 5.10 Å². The highest BCUT2D eigenvalue weighted by atomic mass is 35.5. The van der Waals surface area contributed by atoms with Crippen LogP contribution in [0.25, 0.3) is 0 Å². The van der Waals surface area contributed by atoms with E-state index in [1.807, 2.05) is 4.68 Å². The summed E-state index contributed by atoms with van der Waals surface area (Å²) in [5.74, 6) is 6.97. The second-order valence-corrected chi connectivity index (χ2v) is 5.03. The van der Waals surface area contributed by atoms with Crippen molar-refractivity contribution in [2.24, 2.45) is 17.7 Å². The molecule has 0 saturated heterocycles. The lowest BCUT2D eigenvalue weighted by Gasteiger charge is -2.18. The van der Waals surface area contributed by atoms with Crippen LogP contribution in [0.15, 0.2) is 6.20 Å². The van der Waals surface area contributed by atoms with E-state index in [9.17, 15) is 0 Å². The predicted octanol–water partition coefficient (Wildman–Crippen LogP) is 2.11. The van der Waals surface area contributed by atoms with Gasteiger partial charge in [0.2, 0.25) is 0 Å². The Morgan fingerprint density at radius 1 is 1.75 bits per heavy atom. The first kappa shape index (κ1) is 11.9. The molecule has 0 radical (unpaired) electrons. The Morgan fingerprint density at radius 2 is 2.44 bits per heavy atom. The summed E-state index contributed by atoms with van der Waals surface area (Å²) in [5.41, 5.74) is 3.93. The maximum Gasteiger partial charge on any atom is 0.0834 e. The molecule has 2 rings (SSSR count). The van der Waals surface area contributed by atoms with Gasteiger partial charge in [0.1, 0.15) is 0 Å². The first-order valence-corrected chi connectivity index (χ1v) is 6.24. The topological polar surface area (TPSA) is 55.9 Å². The van der Waals surface area contributed by atoms with Crippen molar-refractivity contribution in [1.82, 2.24) is 15.2 Å². The third-order valence-electron chi connectivity index (χ3n) is 3.34. The Bertz CT molecular complexity index is 363. The van der Waals surface area contributed by atoms with E-state index in [0.717, 1.165) is 29.6 Å². The molecule has 3 N–H and O–H groups in total. The molecule has 1 aliphatic carbocycles. The van der Waals surface area contributed by atoms with Gasteiger partial charge in [0.25, 0.3) is 0 Å². The number of hydrogen-bond donors (Lipinski definition) is 2. The molecule has 1 fully saturated rings. The molecule has 1 aliphatic rings. The van der Waals surface area contributed by atoms with Crippen LogP contribution in [0, 0.1) is 11.8 Å². The molecule has 0 aromatic carbocycles. The van der Waals surface area contributed by atoms with Gasteiger partial charge >= 0.3 is 0 Å². The number of aromatic nitrogens is 2. The first-order chi connectivity index (χ1) is 7.69. The van der Waals surface area contributed by atoms with Gasteiger partial charge in [-0.15, -0.1) is 0 Å². The highest BCUT2D eigenvalue weighted by Crippen LogP contribution is 2.47. The monoisotopic (exact) mass is 242 g/mol. The number of rotatable bonds is 5. The number of aryl methyl sites for hydroxylation is 1. The Balaban J connectivity index is 2.25. The zero-order valence-corrected chi connectivity index (χ0v) is 10.5. The average Bonchev–Trinajstić information content (AvgIpc) is 2.87. The summed E-state index contributed by atoms with van der Waals surface area (Å²) in [5, 5.41) is 5.02. The normalized spacial score (nSPS) is 25.8. The van der Waals surface area contributed by atoms with E-state index in [-0.39, 0.29) is 6.04 Å². The van der Waals surface area contributed by atoms with Crippen molar-refractivity contribution in [3.8, 4) is 0 Å². The number of hydrazine groups is 1. The number of nitrogens with one attached hydrogen (secondary N) is 1. The van der Waals surface area contributed by atoms with Gasteiger partial charge in [0, 0.05) is 6.54 Å². The van der Waals surface area contributed by atoms with Gasteiger partial charge < -0.3 is 0 Å². The van der Waals surface area contributed by atoms with Crippen LogP contribution in [0.5, 0.6) is 0 Å². The Labute approximate surface area is 101 Å². The smallest absolute Gasteiger partial charge is 0.0834 e. The van der Waals surface area contributed by atoms with Gasteiger partial charge in [-0.25, -0.2) is 0 Å². The summed E-state index contributed by atoms with van der Waals surface area (Å²) in [6, 6.07) is 0.136. The fourth-order valence-corrected chi connectivity index (χ4v) is 2.55. The van der Waals surface area contributed by atoms with Crippen molar-refractivity contribution in [1.29, 1.82) is 0 Å². The summed E-state index contributed by atoms with van der Waals surface area (Å²) in [7, 11) is 0. The Kier molecular flexibility index (Phi) is 3.52. The van der Waals surface area contributed by atoms with Crippen LogP contribution in [-0.4, -0.2) is 9.78 Å². The SMILES string of the molecule is CCCn1ncc(Cl)c1C(NN)C1CC1C. The molecule has 0 bridgehead atoms. The molecular weight excluding hydrogens is 224 g/mol. The molecule has 1 aromatic rings. The van der Waals surface area contributed by atoms with Crippen LogP contribution in [0.4, 0.5) is 0 Å². The van der Waals surface area contributed by atoms with Crippen LogP contribution in [0.1, 0.15) is 38.4 Å². The molecule has 3 atom stereocenters. The van der Waals surface area contributed by atoms with E-state index in [4.69, 9.17) is 17.4 Å². The van der Waals surface area contributed by atoms with Gasteiger partial charge in [0.05, 0.1) is 23.0 Å². The van der Waals surface area contributed by atoms with E-state index in [1.165, 1.54) is 6.42 Å². The number of nitrogens with two attached hydrogens (primary N) is 1. The zero-order chi connectivity index (χ0) is 11.7. The fraction of sp³-hybridized carbons (Fsp3) is 0.727. The van der Waals surface area contributed by atoms with Crippen molar-refractivity contribution in [3.05, 3.63) is 16.9 Å². The quantitative estimate of drug-likeness (QED) is 0.614. The average molecular weight is 243 g/mol. The van der Waals surface area contributed by atoms with E-state index >= 15 is 0 Å². The van der Waals surface area contributed by atoms with Crippen molar-refractivity contribution in [2.45, 2.75) is 39.3 Å². The molecule has 0 amide bonds. The minimum atomic E-state index is 0.136. The van der Waals surface area contributed by atoms with Gasteiger partial charge in [0.15, 0.2) is 0 Å². The van der Waals surface area contributed by atoms with Crippen LogP contribution in [0.2, 0.25) is 5.02 Å². The minimum absolute atomic E-state index is 0.136. The Hall–Kier alpha value is -0.580. The summed E-state index contributed by atoms with van der Waals surface area (Å²) >= 11 is 6.19. The summed E-state index contributed by atoms with van der Waals surface area (Å²) in [4.78, 5) is 0. The first-order valence-electron chi connectivity index (χ1n) is 5.86. The highest BCUT2D eigenvalue weighted by molar-refractivity contribution is 6.31. The molecule has 5 heteroatoms. The summed E-state index contributed by atoms with van der Waals surface area (Å²) in [6.07, 6.45) is 3.97. The molecule has 1 aromatic heterocycles. The molecule has 3 unspecified atom stereocenters. The molecule has 1 heterocycles. The van der Waals surface area contributed by atoms with E-state index < -0.39 is 0 Å². The van der Waals surface area contributed by atoms with Gasteiger partial charge in [-0.05, 0) is 24.7 Å². The molecule has 16 heavy (non-hydrogen) atoms. The summed E-state index contributed by atoms with van der Waals surface area (Å²) in [6.45, 7) is 5.26. The fourth-order valence-electron chi connectivity index (χ4n) is 2.29. The second-order valence-electron chi connectivity index (χ2n) is 4.62. The van der Waals surface area contributed by atoms with Crippen molar-refractivity contribution < 1.29 is 0 Å². The van der Waals surface area contributed by atoms with E-state index in [1.54, 1.807) is 6.20 Å². The number of halogens is 1. The highest BCUT2D eigenvalue weighted by Gasteiger charge is 2.41. The zero-order valence-electron chi connectivity index (χ0n) is 9.78. The third-order valence-corrected chi connectivity index (χ3v) is 3.63. The maximum absolute atomic E-state index is 6.19. The van der Waals surface area contributed by atoms with Crippen molar-refractivity contribution in [3.63, 3.8) is 0 Å². The molecule has 0 spiro atoms.